The first-order chi connectivity index (χ1) is 27.8. The lowest BCUT2D eigenvalue weighted by Gasteiger charge is -2.18. The molecule has 0 radical (unpaired) electrons. The summed E-state index contributed by atoms with van der Waals surface area (Å²) in [6.45, 7) is 11.3. The molecule has 0 saturated heterocycles. The zero-order valence-corrected chi connectivity index (χ0v) is 39.0. The number of carbonyl (C=O) groups is 3. The van der Waals surface area contributed by atoms with E-state index in [1.165, 1.54) is 167 Å². The number of ether oxygens (including phenoxy) is 3. The Hall–Kier alpha value is -1.59. The van der Waals surface area contributed by atoms with Crippen molar-refractivity contribution < 1.29 is 28.6 Å². The van der Waals surface area contributed by atoms with Crippen LogP contribution in [0.5, 0.6) is 0 Å². The van der Waals surface area contributed by atoms with E-state index in [0.717, 1.165) is 69.6 Å². The van der Waals surface area contributed by atoms with Crippen molar-refractivity contribution in [3.8, 4) is 0 Å². The maximum absolute atomic E-state index is 12.7. The molecule has 0 aliphatic heterocycles. The zero-order chi connectivity index (χ0) is 41.9. The van der Waals surface area contributed by atoms with Crippen molar-refractivity contribution in [2.24, 2.45) is 11.8 Å². The molecule has 6 nitrogen and oxygen atoms in total. The Bertz CT molecular complexity index is 872. The molecule has 6 heteroatoms. The molecule has 0 aliphatic carbocycles. The lowest BCUT2D eigenvalue weighted by Crippen LogP contribution is -2.30. The Morgan fingerprint density at radius 3 is 1.00 bits per heavy atom. The molecule has 0 rings (SSSR count). The molecular weight excluding hydrogens is 709 g/mol. The molecular formula is C51H98O6. The zero-order valence-electron chi connectivity index (χ0n) is 39.0. The third-order valence-corrected chi connectivity index (χ3v) is 11.8. The van der Waals surface area contributed by atoms with Crippen molar-refractivity contribution in [3.63, 3.8) is 0 Å². The lowest BCUT2D eigenvalue weighted by molar-refractivity contribution is -0.167. The van der Waals surface area contributed by atoms with Gasteiger partial charge in [0.15, 0.2) is 6.10 Å². The molecule has 57 heavy (non-hydrogen) atoms. The second kappa shape index (κ2) is 44.0. The fourth-order valence-corrected chi connectivity index (χ4v) is 7.60. The van der Waals surface area contributed by atoms with Gasteiger partial charge in [0.05, 0.1) is 0 Å². The van der Waals surface area contributed by atoms with E-state index in [-0.39, 0.29) is 31.1 Å². The van der Waals surface area contributed by atoms with Crippen LogP contribution in [-0.2, 0) is 28.6 Å². The van der Waals surface area contributed by atoms with Crippen LogP contribution in [0.25, 0.3) is 0 Å². The summed E-state index contributed by atoms with van der Waals surface area (Å²) in [6.07, 6.45) is 43.8. The van der Waals surface area contributed by atoms with Crippen LogP contribution in [-0.4, -0.2) is 37.2 Å². The number of esters is 3. The third kappa shape index (κ3) is 43.8. The van der Waals surface area contributed by atoms with Crippen LogP contribution in [0.2, 0.25) is 0 Å². The summed E-state index contributed by atoms with van der Waals surface area (Å²) in [7, 11) is 0. The van der Waals surface area contributed by atoms with Gasteiger partial charge in [-0.1, -0.05) is 240 Å². The predicted molar refractivity (Wildman–Crippen MR) is 243 cm³/mol. The highest BCUT2D eigenvalue weighted by Crippen LogP contribution is 2.17. The smallest absolute Gasteiger partial charge is 0.306 e. The molecule has 2 atom stereocenters. The van der Waals surface area contributed by atoms with Crippen LogP contribution < -0.4 is 0 Å². The Labute approximate surface area is 355 Å². The first kappa shape index (κ1) is 55.4. The van der Waals surface area contributed by atoms with Crippen molar-refractivity contribution in [2.45, 2.75) is 285 Å². The van der Waals surface area contributed by atoms with Crippen LogP contribution in [0.4, 0.5) is 0 Å². The predicted octanol–water partition coefficient (Wildman–Crippen LogP) is 16.1. The first-order valence-corrected chi connectivity index (χ1v) is 25.3. The monoisotopic (exact) mass is 807 g/mol. The van der Waals surface area contributed by atoms with E-state index in [9.17, 15) is 14.4 Å². The highest BCUT2D eigenvalue weighted by atomic mass is 16.6. The van der Waals surface area contributed by atoms with Gasteiger partial charge in [-0.05, 0) is 31.1 Å². The van der Waals surface area contributed by atoms with Crippen LogP contribution in [0.3, 0.4) is 0 Å². The molecule has 0 amide bonds. The third-order valence-electron chi connectivity index (χ3n) is 11.8. The molecule has 1 unspecified atom stereocenters. The van der Waals surface area contributed by atoms with Gasteiger partial charge in [0.25, 0.3) is 0 Å². The fraction of sp³-hybridized carbons (Fsp3) is 0.941. The molecule has 338 valence electrons. The largest absolute Gasteiger partial charge is 0.462 e. The number of hydrogen-bond donors (Lipinski definition) is 0. The molecule has 0 aromatic carbocycles. The SMILES string of the molecule is CCCCCCCCCCCCCCCCCCCC(=O)OC[C@H](COC(=O)CCCCCCCCCCCC(C)C)OC(=O)CCCCCCCCC(C)CC. The second-order valence-corrected chi connectivity index (χ2v) is 18.2. The number of rotatable bonds is 45. The summed E-state index contributed by atoms with van der Waals surface area (Å²) >= 11 is 0. The van der Waals surface area contributed by atoms with Crippen molar-refractivity contribution in [1.82, 2.24) is 0 Å². The van der Waals surface area contributed by atoms with Crippen molar-refractivity contribution in [1.29, 1.82) is 0 Å². The summed E-state index contributed by atoms with van der Waals surface area (Å²) in [5.41, 5.74) is 0. The van der Waals surface area contributed by atoms with Gasteiger partial charge in [-0.15, -0.1) is 0 Å². The summed E-state index contributed by atoms with van der Waals surface area (Å²) in [5.74, 6) is 0.763. The minimum atomic E-state index is -0.762. The molecule has 0 bridgehead atoms. The van der Waals surface area contributed by atoms with Crippen LogP contribution >= 0.6 is 0 Å². The maximum Gasteiger partial charge on any atom is 0.306 e. The van der Waals surface area contributed by atoms with Gasteiger partial charge in [0.2, 0.25) is 0 Å². The van der Waals surface area contributed by atoms with Gasteiger partial charge in [0, 0.05) is 19.3 Å². The fourth-order valence-electron chi connectivity index (χ4n) is 7.60. The summed E-state index contributed by atoms with van der Waals surface area (Å²) in [4.78, 5) is 37.8. The van der Waals surface area contributed by atoms with Crippen LogP contribution in [0.15, 0.2) is 0 Å². The number of unbranched alkanes of at least 4 members (excludes halogenated alkanes) is 29. The van der Waals surface area contributed by atoms with Gasteiger partial charge >= 0.3 is 17.9 Å². The Morgan fingerprint density at radius 1 is 0.368 bits per heavy atom. The molecule has 0 aromatic heterocycles. The quantitative estimate of drug-likeness (QED) is 0.0346. The Balaban J connectivity index is 4.27. The van der Waals surface area contributed by atoms with Crippen LogP contribution in [0.1, 0.15) is 279 Å². The maximum atomic E-state index is 12.7. The van der Waals surface area contributed by atoms with Gasteiger partial charge in [-0.25, -0.2) is 0 Å². The highest BCUT2D eigenvalue weighted by Gasteiger charge is 2.19. The molecule has 0 aromatic rings. The number of carbonyl (C=O) groups excluding carboxylic acids is 3. The average Bonchev–Trinajstić information content (AvgIpc) is 3.19. The van der Waals surface area contributed by atoms with Crippen molar-refractivity contribution in [2.75, 3.05) is 13.2 Å². The normalized spacial score (nSPS) is 12.5. The molecule has 0 fully saturated rings. The van der Waals surface area contributed by atoms with E-state index in [4.69, 9.17) is 14.2 Å². The second-order valence-electron chi connectivity index (χ2n) is 18.2. The summed E-state index contributed by atoms with van der Waals surface area (Å²) in [5, 5.41) is 0. The standard InChI is InChI=1S/C51H98O6/c1-6-8-9-10-11-12-13-14-15-16-17-18-19-22-25-31-36-41-49(52)55-44-48(57-51(54)43-38-33-28-27-30-35-40-47(5)7-2)45-56-50(53)42-37-32-26-23-20-21-24-29-34-39-46(3)4/h46-48H,6-45H2,1-5H3/t47?,48-/m1/s1. The van der Waals surface area contributed by atoms with E-state index in [0.29, 0.717) is 19.3 Å². The molecule has 0 saturated carbocycles. The first-order valence-electron chi connectivity index (χ1n) is 25.3. The van der Waals surface area contributed by atoms with Crippen molar-refractivity contribution in [3.05, 3.63) is 0 Å². The molecule has 0 N–H and O–H groups in total. The number of hydrogen-bond acceptors (Lipinski definition) is 6. The van der Waals surface area contributed by atoms with E-state index in [2.05, 4.69) is 34.6 Å². The topological polar surface area (TPSA) is 78.9 Å². The Morgan fingerprint density at radius 2 is 0.667 bits per heavy atom. The van der Waals surface area contributed by atoms with E-state index < -0.39 is 6.10 Å². The van der Waals surface area contributed by atoms with Gasteiger partial charge in [0.1, 0.15) is 13.2 Å². The summed E-state index contributed by atoms with van der Waals surface area (Å²) < 4.78 is 16.8. The molecule has 0 spiro atoms. The minimum absolute atomic E-state index is 0.0650. The van der Waals surface area contributed by atoms with E-state index in [1.807, 2.05) is 0 Å². The van der Waals surface area contributed by atoms with Gasteiger partial charge in [-0.3, -0.25) is 14.4 Å². The lowest BCUT2D eigenvalue weighted by atomic mass is 10.00. The molecule has 0 heterocycles. The highest BCUT2D eigenvalue weighted by molar-refractivity contribution is 5.71. The van der Waals surface area contributed by atoms with Gasteiger partial charge < -0.3 is 14.2 Å². The van der Waals surface area contributed by atoms with Gasteiger partial charge in [-0.2, -0.15) is 0 Å². The van der Waals surface area contributed by atoms with Crippen molar-refractivity contribution >= 4 is 17.9 Å². The average molecular weight is 807 g/mol. The van der Waals surface area contributed by atoms with E-state index >= 15 is 0 Å². The summed E-state index contributed by atoms with van der Waals surface area (Å²) in [6, 6.07) is 0. The van der Waals surface area contributed by atoms with Crippen LogP contribution in [0, 0.1) is 11.8 Å². The Kier molecular flexibility index (Phi) is 42.7. The van der Waals surface area contributed by atoms with E-state index in [1.54, 1.807) is 0 Å². The minimum Gasteiger partial charge on any atom is -0.462 e. The molecule has 0 aliphatic rings.